The first kappa shape index (κ1) is 14.8. The Morgan fingerprint density at radius 3 is 2.81 bits per heavy atom. The fourth-order valence-corrected chi connectivity index (χ4v) is 5.46. The molecule has 0 bridgehead atoms. The Bertz CT molecular complexity index is 741. The van der Waals surface area contributed by atoms with Crippen LogP contribution in [0.25, 0.3) is 10.9 Å². The van der Waals surface area contributed by atoms with E-state index in [-0.39, 0.29) is 5.25 Å². The number of benzene rings is 1. The molecule has 1 aromatic carbocycles. The average Bonchev–Trinajstić information content (AvgIpc) is 2.47. The third kappa shape index (κ3) is 3.37. The van der Waals surface area contributed by atoms with E-state index in [1.54, 1.807) is 18.1 Å². The zero-order valence-corrected chi connectivity index (χ0v) is 13.5. The third-order valence-electron chi connectivity index (χ3n) is 3.97. The molecule has 1 aromatic heterocycles. The van der Waals surface area contributed by atoms with Crippen molar-refractivity contribution in [2.45, 2.75) is 41.2 Å². The second-order valence-electron chi connectivity index (χ2n) is 5.55. The maximum absolute atomic E-state index is 11.8. The van der Waals surface area contributed by atoms with E-state index in [0.29, 0.717) is 5.25 Å². The quantitative estimate of drug-likeness (QED) is 0.813. The number of hydrogen-bond acceptors (Lipinski definition) is 5. The standard InChI is InChI=1S/C15H18N2O2S2/c1-21(18,19)12-6-4-5-11(9-12)20-15-13-7-2-3-8-14(13)16-10-17-15/h2-3,7-8,10-12H,4-6,9H2,1H3/t11-,12+/m0/s1. The number of sulfone groups is 1. The molecule has 1 aliphatic carbocycles. The number of rotatable bonds is 3. The molecule has 1 aliphatic rings. The molecule has 3 rings (SSSR count). The number of hydrogen-bond donors (Lipinski definition) is 0. The van der Waals surface area contributed by atoms with Crippen LogP contribution in [0.4, 0.5) is 0 Å². The average molecular weight is 322 g/mol. The van der Waals surface area contributed by atoms with Crippen LogP contribution in [-0.2, 0) is 9.84 Å². The molecule has 1 heterocycles. The van der Waals surface area contributed by atoms with E-state index in [4.69, 9.17) is 0 Å². The largest absolute Gasteiger partial charge is 0.236 e. The molecule has 0 radical (unpaired) electrons. The van der Waals surface area contributed by atoms with E-state index in [0.717, 1.165) is 41.6 Å². The summed E-state index contributed by atoms with van der Waals surface area (Å²) in [5, 5.41) is 2.12. The second kappa shape index (κ2) is 5.93. The van der Waals surface area contributed by atoms with Crippen LogP contribution in [-0.4, -0.2) is 35.1 Å². The Kier molecular flexibility index (Phi) is 4.17. The van der Waals surface area contributed by atoms with Crippen molar-refractivity contribution in [2.24, 2.45) is 0 Å². The van der Waals surface area contributed by atoms with E-state index in [1.807, 2.05) is 24.3 Å². The summed E-state index contributed by atoms with van der Waals surface area (Å²) in [4.78, 5) is 8.66. The molecule has 0 saturated heterocycles. The Labute approximate surface area is 129 Å². The summed E-state index contributed by atoms with van der Waals surface area (Å²) in [6.45, 7) is 0. The highest BCUT2D eigenvalue weighted by Gasteiger charge is 2.29. The van der Waals surface area contributed by atoms with Gasteiger partial charge < -0.3 is 0 Å². The summed E-state index contributed by atoms with van der Waals surface area (Å²) in [6.07, 6.45) is 6.47. The van der Waals surface area contributed by atoms with Gasteiger partial charge in [-0.1, -0.05) is 24.6 Å². The predicted molar refractivity (Wildman–Crippen MR) is 86.3 cm³/mol. The molecule has 112 valence electrons. The van der Waals surface area contributed by atoms with Crippen LogP contribution in [0, 0.1) is 0 Å². The molecule has 0 unspecified atom stereocenters. The molecule has 1 saturated carbocycles. The van der Waals surface area contributed by atoms with Crippen LogP contribution >= 0.6 is 11.8 Å². The predicted octanol–water partition coefficient (Wildman–Crippen LogP) is 3.08. The lowest BCUT2D eigenvalue weighted by Crippen LogP contribution is -2.28. The summed E-state index contributed by atoms with van der Waals surface area (Å²) < 4.78 is 23.5. The SMILES string of the molecule is CS(=O)(=O)[C@@H]1CCC[C@H](Sc2ncnc3ccccc23)C1. The van der Waals surface area contributed by atoms with Gasteiger partial charge in [-0.15, -0.1) is 11.8 Å². The summed E-state index contributed by atoms with van der Waals surface area (Å²) in [7, 11) is -2.94. The minimum Gasteiger partial charge on any atom is -0.236 e. The molecule has 21 heavy (non-hydrogen) atoms. The highest BCUT2D eigenvalue weighted by atomic mass is 32.2. The molecule has 2 aromatic rings. The summed E-state index contributed by atoms with van der Waals surface area (Å²) in [6, 6.07) is 7.94. The fourth-order valence-electron chi connectivity index (χ4n) is 2.83. The topological polar surface area (TPSA) is 59.9 Å². The molecular weight excluding hydrogens is 304 g/mol. The summed E-state index contributed by atoms with van der Waals surface area (Å²) in [5.41, 5.74) is 0.936. The van der Waals surface area contributed by atoms with Crippen molar-refractivity contribution >= 4 is 32.5 Å². The maximum atomic E-state index is 11.8. The van der Waals surface area contributed by atoms with E-state index in [2.05, 4.69) is 9.97 Å². The highest BCUT2D eigenvalue weighted by Crippen LogP contribution is 2.37. The molecule has 0 aliphatic heterocycles. The van der Waals surface area contributed by atoms with E-state index in [9.17, 15) is 8.42 Å². The third-order valence-corrected chi connectivity index (χ3v) is 6.92. The first-order chi connectivity index (χ1) is 10.0. The number of aromatic nitrogens is 2. The van der Waals surface area contributed by atoms with E-state index in [1.165, 1.54) is 6.26 Å². The van der Waals surface area contributed by atoms with Gasteiger partial charge in [0.25, 0.3) is 0 Å². The van der Waals surface area contributed by atoms with Crippen molar-refractivity contribution < 1.29 is 8.42 Å². The van der Waals surface area contributed by atoms with Gasteiger partial charge in [-0.3, -0.25) is 0 Å². The van der Waals surface area contributed by atoms with Gasteiger partial charge in [0.15, 0.2) is 0 Å². The monoisotopic (exact) mass is 322 g/mol. The van der Waals surface area contributed by atoms with Gasteiger partial charge in [0.2, 0.25) is 0 Å². The Morgan fingerprint density at radius 2 is 2.00 bits per heavy atom. The lowest BCUT2D eigenvalue weighted by atomic mass is 10.00. The molecular formula is C15H18N2O2S2. The number of thioether (sulfide) groups is 1. The minimum absolute atomic E-state index is 0.197. The van der Waals surface area contributed by atoms with Gasteiger partial charge in [-0.25, -0.2) is 18.4 Å². The van der Waals surface area contributed by atoms with Crippen LogP contribution in [0.15, 0.2) is 35.6 Å². The molecule has 0 spiro atoms. The van der Waals surface area contributed by atoms with Crippen LogP contribution < -0.4 is 0 Å². The zero-order chi connectivity index (χ0) is 14.9. The molecule has 0 N–H and O–H groups in total. The molecule has 4 nitrogen and oxygen atoms in total. The Morgan fingerprint density at radius 1 is 1.19 bits per heavy atom. The zero-order valence-electron chi connectivity index (χ0n) is 11.9. The molecule has 0 amide bonds. The van der Waals surface area contributed by atoms with Crippen molar-refractivity contribution in [1.82, 2.24) is 9.97 Å². The van der Waals surface area contributed by atoms with Crippen molar-refractivity contribution in [2.75, 3.05) is 6.26 Å². The molecule has 6 heteroatoms. The Balaban J connectivity index is 1.82. The van der Waals surface area contributed by atoms with Crippen LogP contribution in [0.3, 0.4) is 0 Å². The van der Waals surface area contributed by atoms with Crippen molar-refractivity contribution in [1.29, 1.82) is 0 Å². The summed E-state index contributed by atoms with van der Waals surface area (Å²) in [5.74, 6) is 0. The number of nitrogens with zero attached hydrogens (tertiary/aromatic N) is 2. The highest BCUT2D eigenvalue weighted by molar-refractivity contribution is 8.00. The van der Waals surface area contributed by atoms with E-state index >= 15 is 0 Å². The lowest BCUT2D eigenvalue weighted by Gasteiger charge is -2.27. The lowest BCUT2D eigenvalue weighted by molar-refractivity contribution is 0.495. The normalized spacial score (nSPS) is 23.3. The van der Waals surface area contributed by atoms with Gasteiger partial charge in [0.05, 0.1) is 10.8 Å². The molecule has 1 fully saturated rings. The van der Waals surface area contributed by atoms with Crippen molar-refractivity contribution in [3.8, 4) is 0 Å². The smallest absolute Gasteiger partial charge is 0.150 e. The second-order valence-corrected chi connectivity index (χ2v) is 9.17. The van der Waals surface area contributed by atoms with Gasteiger partial charge in [0, 0.05) is 16.9 Å². The first-order valence-electron chi connectivity index (χ1n) is 7.09. The van der Waals surface area contributed by atoms with Crippen molar-refractivity contribution in [3.05, 3.63) is 30.6 Å². The first-order valence-corrected chi connectivity index (χ1v) is 9.93. The van der Waals surface area contributed by atoms with Gasteiger partial charge in [0.1, 0.15) is 21.2 Å². The van der Waals surface area contributed by atoms with E-state index < -0.39 is 9.84 Å². The fraction of sp³-hybridized carbons (Fsp3) is 0.467. The Hall–Kier alpha value is -1.14. The van der Waals surface area contributed by atoms with Gasteiger partial charge in [-0.05, 0) is 25.3 Å². The number of fused-ring (bicyclic) bond motifs is 1. The van der Waals surface area contributed by atoms with Gasteiger partial charge in [-0.2, -0.15) is 0 Å². The van der Waals surface area contributed by atoms with Crippen molar-refractivity contribution in [3.63, 3.8) is 0 Å². The van der Waals surface area contributed by atoms with Crippen LogP contribution in [0.1, 0.15) is 25.7 Å². The maximum Gasteiger partial charge on any atom is 0.150 e. The summed E-state index contributed by atoms with van der Waals surface area (Å²) >= 11 is 1.70. The van der Waals surface area contributed by atoms with Gasteiger partial charge >= 0.3 is 0 Å². The van der Waals surface area contributed by atoms with Crippen LogP contribution in [0.2, 0.25) is 0 Å². The minimum atomic E-state index is -2.94. The number of para-hydroxylation sites is 1. The van der Waals surface area contributed by atoms with Crippen LogP contribution in [0.5, 0.6) is 0 Å². The molecule has 2 atom stereocenters.